The Hall–Kier alpha value is -3.06. The molecule has 0 fully saturated rings. The molecule has 2 heterocycles. The number of aromatic nitrogens is 4. The molecule has 4 aromatic rings. The second-order valence-electron chi connectivity index (χ2n) is 5.66. The van der Waals surface area contributed by atoms with Crippen molar-refractivity contribution in [2.75, 3.05) is 5.32 Å². The van der Waals surface area contributed by atoms with Crippen LogP contribution in [-0.4, -0.2) is 19.7 Å². The number of anilines is 2. The SMILES string of the molecule is Cc1ccc(Nc2nnc(Cn3c(=O)cnc4ccccc43)s2)cc1. The lowest BCUT2D eigenvalue weighted by molar-refractivity contribution is 0.769. The van der Waals surface area contributed by atoms with Crippen molar-refractivity contribution in [1.29, 1.82) is 0 Å². The fraction of sp³-hybridized carbons (Fsp3) is 0.111. The number of para-hydroxylation sites is 2. The average molecular weight is 349 g/mol. The second-order valence-corrected chi connectivity index (χ2v) is 6.73. The van der Waals surface area contributed by atoms with Crippen molar-refractivity contribution in [2.45, 2.75) is 13.5 Å². The maximum Gasteiger partial charge on any atom is 0.269 e. The topological polar surface area (TPSA) is 72.7 Å². The highest BCUT2D eigenvalue weighted by molar-refractivity contribution is 7.15. The van der Waals surface area contributed by atoms with Crippen LogP contribution in [0.4, 0.5) is 10.8 Å². The number of hydrogen-bond donors (Lipinski definition) is 1. The van der Waals surface area contributed by atoms with E-state index in [1.807, 2.05) is 55.5 Å². The van der Waals surface area contributed by atoms with Gasteiger partial charge in [0.1, 0.15) is 5.01 Å². The molecule has 7 heteroatoms. The molecular formula is C18H15N5OS. The van der Waals surface area contributed by atoms with Crippen LogP contribution in [0, 0.1) is 6.92 Å². The molecule has 0 radical (unpaired) electrons. The first-order valence-corrected chi connectivity index (χ1v) is 8.61. The van der Waals surface area contributed by atoms with E-state index in [4.69, 9.17) is 0 Å². The molecule has 2 aromatic heterocycles. The average Bonchev–Trinajstić information content (AvgIpc) is 3.07. The molecule has 0 spiro atoms. The summed E-state index contributed by atoms with van der Waals surface area (Å²) in [5, 5.41) is 13.1. The van der Waals surface area contributed by atoms with Crippen LogP contribution in [0.2, 0.25) is 0 Å². The Balaban J connectivity index is 1.60. The molecule has 6 nitrogen and oxygen atoms in total. The van der Waals surface area contributed by atoms with Crippen molar-refractivity contribution in [2.24, 2.45) is 0 Å². The summed E-state index contributed by atoms with van der Waals surface area (Å²) in [5.74, 6) is 0. The monoisotopic (exact) mass is 349 g/mol. The molecule has 0 saturated heterocycles. The first-order valence-electron chi connectivity index (χ1n) is 7.80. The quantitative estimate of drug-likeness (QED) is 0.612. The second kappa shape index (κ2) is 6.45. The van der Waals surface area contributed by atoms with E-state index in [9.17, 15) is 4.79 Å². The van der Waals surface area contributed by atoms with Crippen LogP contribution in [0.15, 0.2) is 59.5 Å². The van der Waals surface area contributed by atoms with E-state index >= 15 is 0 Å². The van der Waals surface area contributed by atoms with Gasteiger partial charge in [0, 0.05) is 5.69 Å². The Morgan fingerprint density at radius 1 is 1.08 bits per heavy atom. The van der Waals surface area contributed by atoms with Crippen molar-refractivity contribution in [3.63, 3.8) is 0 Å². The minimum Gasteiger partial charge on any atom is -0.330 e. The normalized spacial score (nSPS) is 10.9. The molecule has 4 rings (SSSR count). The van der Waals surface area contributed by atoms with Gasteiger partial charge in [-0.15, -0.1) is 10.2 Å². The highest BCUT2D eigenvalue weighted by Crippen LogP contribution is 2.22. The summed E-state index contributed by atoms with van der Waals surface area (Å²) < 4.78 is 1.67. The standard InChI is InChI=1S/C18H15N5OS/c1-12-6-8-13(9-7-12)20-18-22-21-16(25-18)11-23-15-5-3-2-4-14(15)19-10-17(23)24/h2-10H,11H2,1H3,(H,20,22). The van der Waals surface area contributed by atoms with E-state index in [2.05, 4.69) is 20.5 Å². The molecule has 25 heavy (non-hydrogen) atoms. The van der Waals surface area contributed by atoms with Gasteiger partial charge < -0.3 is 5.32 Å². The van der Waals surface area contributed by atoms with E-state index in [-0.39, 0.29) is 5.56 Å². The number of rotatable bonds is 4. The van der Waals surface area contributed by atoms with E-state index in [0.29, 0.717) is 11.7 Å². The molecular weight excluding hydrogens is 334 g/mol. The minimum absolute atomic E-state index is 0.151. The molecule has 0 aliphatic carbocycles. The smallest absolute Gasteiger partial charge is 0.269 e. The predicted octanol–water partition coefficient (Wildman–Crippen LogP) is 3.35. The molecule has 0 bridgehead atoms. The van der Waals surface area contributed by atoms with Gasteiger partial charge in [-0.25, -0.2) is 4.98 Å². The maximum absolute atomic E-state index is 12.2. The van der Waals surface area contributed by atoms with E-state index < -0.39 is 0 Å². The van der Waals surface area contributed by atoms with Gasteiger partial charge in [-0.2, -0.15) is 0 Å². The summed E-state index contributed by atoms with van der Waals surface area (Å²) in [4.78, 5) is 16.4. The summed E-state index contributed by atoms with van der Waals surface area (Å²) >= 11 is 1.43. The summed E-state index contributed by atoms with van der Waals surface area (Å²) in [6.45, 7) is 2.42. The Labute approximate surface area is 147 Å². The van der Waals surface area contributed by atoms with Gasteiger partial charge in [0.05, 0.1) is 23.8 Å². The van der Waals surface area contributed by atoms with Crippen LogP contribution in [0.25, 0.3) is 11.0 Å². The third-order valence-electron chi connectivity index (χ3n) is 3.82. The summed E-state index contributed by atoms with van der Waals surface area (Å²) in [6.07, 6.45) is 1.34. The minimum atomic E-state index is -0.151. The van der Waals surface area contributed by atoms with E-state index in [1.54, 1.807) is 4.57 Å². The molecule has 0 amide bonds. The Bertz CT molecular complexity index is 1080. The molecule has 0 unspecified atom stereocenters. The Morgan fingerprint density at radius 3 is 2.72 bits per heavy atom. The van der Waals surface area contributed by atoms with Crippen molar-refractivity contribution >= 4 is 33.2 Å². The molecule has 0 aliphatic rings. The van der Waals surface area contributed by atoms with Gasteiger partial charge in [-0.3, -0.25) is 9.36 Å². The zero-order valence-electron chi connectivity index (χ0n) is 13.5. The summed E-state index contributed by atoms with van der Waals surface area (Å²) in [7, 11) is 0. The number of fused-ring (bicyclic) bond motifs is 1. The van der Waals surface area contributed by atoms with Gasteiger partial charge in [-0.1, -0.05) is 41.2 Å². The number of nitrogens with one attached hydrogen (secondary N) is 1. The van der Waals surface area contributed by atoms with Crippen LogP contribution in [0.1, 0.15) is 10.6 Å². The number of hydrogen-bond acceptors (Lipinski definition) is 6. The Morgan fingerprint density at radius 2 is 1.88 bits per heavy atom. The molecule has 0 atom stereocenters. The van der Waals surface area contributed by atoms with Crippen molar-refractivity contribution in [3.05, 3.63) is 75.7 Å². The van der Waals surface area contributed by atoms with Crippen LogP contribution in [-0.2, 0) is 6.54 Å². The van der Waals surface area contributed by atoms with Gasteiger partial charge in [0.15, 0.2) is 0 Å². The largest absolute Gasteiger partial charge is 0.330 e. The first-order chi connectivity index (χ1) is 12.2. The molecule has 2 aromatic carbocycles. The Kier molecular flexibility index (Phi) is 3.99. The lowest BCUT2D eigenvalue weighted by Gasteiger charge is -2.06. The number of aryl methyl sites for hydroxylation is 1. The van der Waals surface area contributed by atoms with E-state index in [0.717, 1.165) is 21.7 Å². The number of nitrogens with zero attached hydrogens (tertiary/aromatic N) is 4. The number of benzene rings is 2. The van der Waals surface area contributed by atoms with Gasteiger partial charge >= 0.3 is 0 Å². The molecule has 1 N–H and O–H groups in total. The van der Waals surface area contributed by atoms with Crippen molar-refractivity contribution in [1.82, 2.24) is 19.7 Å². The zero-order chi connectivity index (χ0) is 17.2. The lowest BCUT2D eigenvalue weighted by Crippen LogP contribution is -2.20. The fourth-order valence-corrected chi connectivity index (χ4v) is 3.29. The van der Waals surface area contributed by atoms with Gasteiger partial charge in [-0.05, 0) is 31.2 Å². The van der Waals surface area contributed by atoms with Crippen LogP contribution in [0.3, 0.4) is 0 Å². The fourth-order valence-electron chi connectivity index (χ4n) is 2.54. The lowest BCUT2D eigenvalue weighted by atomic mass is 10.2. The molecule has 0 saturated carbocycles. The van der Waals surface area contributed by atoms with Crippen LogP contribution in [0.5, 0.6) is 0 Å². The third-order valence-corrected chi connectivity index (χ3v) is 4.64. The zero-order valence-corrected chi connectivity index (χ0v) is 14.3. The summed E-state index contributed by atoms with van der Waals surface area (Å²) in [5.41, 5.74) is 3.58. The van der Waals surface area contributed by atoms with Crippen LogP contribution < -0.4 is 10.9 Å². The maximum atomic E-state index is 12.2. The van der Waals surface area contributed by atoms with Crippen molar-refractivity contribution in [3.8, 4) is 0 Å². The summed E-state index contributed by atoms with van der Waals surface area (Å²) in [6, 6.07) is 15.6. The molecule has 124 valence electrons. The van der Waals surface area contributed by atoms with Crippen LogP contribution >= 0.6 is 11.3 Å². The third kappa shape index (κ3) is 3.27. The molecule has 0 aliphatic heterocycles. The highest BCUT2D eigenvalue weighted by atomic mass is 32.1. The first kappa shape index (κ1) is 15.5. The van der Waals surface area contributed by atoms with Gasteiger partial charge in [0.2, 0.25) is 5.13 Å². The van der Waals surface area contributed by atoms with Gasteiger partial charge in [0.25, 0.3) is 5.56 Å². The predicted molar refractivity (Wildman–Crippen MR) is 99.5 cm³/mol. The van der Waals surface area contributed by atoms with Crippen molar-refractivity contribution < 1.29 is 0 Å². The highest BCUT2D eigenvalue weighted by Gasteiger charge is 2.09. The van der Waals surface area contributed by atoms with E-state index in [1.165, 1.54) is 23.1 Å².